The second-order valence-electron chi connectivity index (χ2n) is 7.63. The number of rotatable bonds is 2. The number of hydrogen-bond donors (Lipinski definition) is 0. The van der Waals surface area contributed by atoms with Gasteiger partial charge in [-0.1, -0.05) is 12.1 Å². The highest BCUT2D eigenvalue weighted by atomic mass is 19.2. The van der Waals surface area contributed by atoms with Crippen molar-refractivity contribution in [1.29, 1.82) is 0 Å². The topological polar surface area (TPSA) is 0 Å². The minimum Gasteiger partial charge on any atom is -0.207 e. The van der Waals surface area contributed by atoms with E-state index < -0.39 is 46.5 Å². The summed E-state index contributed by atoms with van der Waals surface area (Å²) in [5.41, 5.74) is -0.198. The van der Waals surface area contributed by atoms with E-state index in [0.29, 0.717) is 12.1 Å². The summed E-state index contributed by atoms with van der Waals surface area (Å²) in [6, 6.07) is 9.02. The van der Waals surface area contributed by atoms with E-state index in [4.69, 9.17) is 0 Å². The lowest BCUT2D eigenvalue weighted by atomic mass is 9.85. The lowest BCUT2D eigenvalue weighted by Crippen LogP contribution is -1.97. The lowest BCUT2D eigenvalue weighted by Gasteiger charge is -2.18. The SMILES string of the molecule is Fc1ccc2c(-c3ccc(F)c(F)c3)c3cc(F)c(F)cc3c(-c3cc(F)c(F)c(F)c3)c2c1. The average molecular weight is 474 g/mol. The predicted molar refractivity (Wildman–Crippen MR) is 112 cm³/mol. The quantitative estimate of drug-likeness (QED) is 0.137. The van der Waals surface area contributed by atoms with Crippen molar-refractivity contribution in [1.82, 2.24) is 0 Å². The Bertz CT molecular complexity index is 1620. The Labute approximate surface area is 186 Å². The Balaban J connectivity index is 2.04. The van der Waals surface area contributed by atoms with Gasteiger partial charge in [-0.15, -0.1) is 0 Å². The fourth-order valence-corrected chi connectivity index (χ4v) is 4.17. The molecule has 5 rings (SSSR count). The van der Waals surface area contributed by atoms with Crippen LogP contribution in [0.4, 0.5) is 35.1 Å². The third kappa shape index (κ3) is 3.37. The molecule has 5 aromatic rings. The summed E-state index contributed by atoms with van der Waals surface area (Å²) in [5.74, 6) is -10.5. The van der Waals surface area contributed by atoms with Gasteiger partial charge >= 0.3 is 0 Å². The van der Waals surface area contributed by atoms with E-state index >= 15 is 0 Å². The molecule has 0 atom stereocenters. The molecule has 8 heteroatoms. The van der Waals surface area contributed by atoms with Crippen LogP contribution < -0.4 is 0 Å². The van der Waals surface area contributed by atoms with E-state index in [2.05, 4.69) is 0 Å². The lowest BCUT2D eigenvalue weighted by molar-refractivity contribution is 0.448. The normalized spacial score (nSPS) is 11.5. The standard InChI is InChI=1S/C26H10F8/c27-13-2-3-14-15(8-13)25(12-6-22(32)26(34)23(33)7-12)17-10-21(31)20(30)9-16(17)24(14)11-1-4-18(28)19(29)5-11/h1-10H. The summed E-state index contributed by atoms with van der Waals surface area (Å²) >= 11 is 0. The molecule has 0 aliphatic rings. The first-order chi connectivity index (χ1) is 16.2. The van der Waals surface area contributed by atoms with Gasteiger partial charge in [-0.05, 0) is 92.3 Å². The Morgan fingerprint density at radius 3 is 1.44 bits per heavy atom. The molecule has 0 amide bonds. The van der Waals surface area contributed by atoms with E-state index in [1.807, 2.05) is 0 Å². The summed E-state index contributed by atoms with van der Waals surface area (Å²) in [6.45, 7) is 0. The maximum Gasteiger partial charge on any atom is 0.194 e. The maximum absolute atomic E-state index is 14.3. The zero-order valence-corrected chi connectivity index (χ0v) is 16.8. The molecule has 34 heavy (non-hydrogen) atoms. The van der Waals surface area contributed by atoms with Crippen LogP contribution in [0, 0.1) is 46.5 Å². The Morgan fingerprint density at radius 1 is 0.353 bits per heavy atom. The van der Waals surface area contributed by atoms with Gasteiger partial charge in [-0.3, -0.25) is 0 Å². The van der Waals surface area contributed by atoms with Crippen LogP contribution in [0.2, 0.25) is 0 Å². The van der Waals surface area contributed by atoms with Crippen LogP contribution >= 0.6 is 0 Å². The molecule has 0 heterocycles. The van der Waals surface area contributed by atoms with Crippen molar-refractivity contribution in [3.05, 3.63) is 107 Å². The van der Waals surface area contributed by atoms with Crippen LogP contribution in [0.5, 0.6) is 0 Å². The summed E-state index contributed by atoms with van der Waals surface area (Å²) in [7, 11) is 0. The van der Waals surface area contributed by atoms with Crippen LogP contribution in [0.25, 0.3) is 43.8 Å². The van der Waals surface area contributed by atoms with Crippen molar-refractivity contribution in [2.75, 3.05) is 0 Å². The molecule has 0 saturated carbocycles. The van der Waals surface area contributed by atoms with Crippen molar-refractivity contribution in [2.24, 2.45) is 0 Å². The zero-order chi connectivity index (χ0) is 24.3. The molecule has 0 bridgehead atoms. The van der Waals surface area contributed by atoms with E-state index in [0.717, 1.165) is 36.4 Å². The molecule has 0 fully saturated rings. The molecule has 0 radical (unpaired) electrons. The van der Waals surface area contributed by atoms with Crippen LogP contribution in [0.3, 0.4) is 0 Å². The third-order valence-corrected chi connectivity index (χ3v) is 5.60. The van der Waals surface area contributed by atoms with Gasteiger partial charge in [0.2, 0.25) is 0 Å². The molecular formula is C26H10F8. The number of halogens is 8. The largest absolute Gasteiger partial charge is 0.207 e. The smallest absolute Gasteiger partial charge is 0.194 e. The van der Waals surface area contributed by atoms with Crippen LogP contribution in [-0.4, -0.2) is 0 Å². The summed E-state index contributed by atoms with van der Waals surface area (Å²) in [6.07, 6.45) is 0. The van der Waals surface area contributed by atoms with Crippen LogP contribution in [0.1, 0.15) is 0 Å². The fourth-order valence-electron chi connectivity index (χ4n) is 4.17. The van der Waals surface area contributed by atoms with Crippen molar-refractivity contribution >= 4 is 21.5 Å². The molecule has 0 aliphatic heterocycles. The first kappa shape index (κ1) is 21.9. The summed E-state index contributed by atoms with van der Waals surface area (Å²) in [4.78, 5) is 0. The van der Waals surface area contributed by atoms with E-state index in [9.17, 15) is 35.1 Å². The number of hydrogen-bond acceptors (Lipinski definition) is 0. The van der Waals surface area contributed by atoms with Crippen molar-refractivity contribution in [3.63, 3.8) is 0 Å². The minimum absolute atomic E-state index is 0.00338. The van der Waals surface area contributed by atoms with Crippen molar-refractivity contribution < 1.29 is 35.1 Å². The van der Waals surface area contributed by atoms with Gasteiger partial charge in [0.25, 0.3) is 0 Å². The average Bonchev–Trinajstić information content (AvgIpc) is 2.78. The number of benzene rings is 5. The molecule has 5 aromatic carbocycles. The van der Waals surface area contributed by atoms with Gasteiger partial charge in [0.15, 0.2) is 40.7 Å². The number of fused-ring (bicyclic) bond motifs is 2. The molecule has 0 N–H and O–H groups in total. The first-order valence-electron chi connectivity index (χ1n) is 9.80. The molecule has 0 aromatic heterocycles. The Hall–Kier alpha value is -3.94. The summed E-state index contributed by atoms with van der Waals surface area (Å²) in [5, 5.41) is 0.0426. The van der Waals surface area contributed by atoms with E-state index in [1.54, 1.807) is 0 Å². The van der Waals surface area contributed by atoms with E-state index in [-0.39, 0.29) is 43.8 Å². The van der Waals surface area contributed by atoms with Gasteiger partial charge in [0, 0.05) is 0 Å². The Morgan fingerprint density at radius 2 is 0.853 bits per heavy atom. The second kappa shape index (κ2) is 7.83. The highest BCUT2D eigenvalue weighted by Gasteiger charge is 2.22. The third-order valence-electron chi connectivity index (χ3n) is 5.60. The second-order valence-corrected chi connectivity index (χ2v) is 7.63. The van der Waals surface area contributed by atoms with Crippen molar-refractivity contribution in [2.45, 2.75) is 0 Å². The first-order valence-corrected chi connectivity index (χ1v) is 9.80. The highest BCUT2D eigenvalue weighted by Crippen LogP contribution is 2.45. The maximum atomic E-state index is 14.3. The summed E-state index contributed by atoms with van der Waals surface area (Å²) < 4.78 is 112. The minimum atomic E-state index is -1.74. The van der Waals surface area contributed by atoms with Gasteiger partial charge in [-0.25, -0.2) is 35.1 Å². The molecule has 0 unspecified atom stereocenters. The molecule has 0 saturated heterocycles. The van der Waals surface area contributed by atoms with Gasteiger partial charge < -0.3 is 0 Å². The molecule has 0 spiro atoms. The predicted octanol–water partition coefficient (Wildman–Crippen LogP) is 8.44. The molecule has 0 nitrogen and oxygen atoms in total. The molecule has 170 valence electrons. The van der Waals surface area contributed by atoms with Crippen molar-refractivity contribution in [3.8, 4) is 22.3 Å². The zero-order valence-electron chi connectivity index (χ0n) is 16.8. The van der Waals surface area contributed by atoms with Gasteiger partial charge in [0.05, 0.1) is 0 Å². The van der Waals surface area contributed by atoms with Crippen LogP contribution in [0.15, 0.2) is 60.7 Å². The monoisotopic (exact) mass is 474 g/mol. The van der Waals surface area contributed by atoms with Gasteiger partial charge in [-0.2, -0.15) is 0 Å². The molecule has 0 aliphatic carbocycles. The van der Waals surface area contributed by atoms with Crippen LogP contribution in [-0.2, 0) is 0 Å². The van der Waals surface area contributed by atoms with Gasteiger partial charge in [0.1, 0.15) is 5.82 Å². The van der Waals surface area contributed by atoms with E-state index in [1.165, 1.54) is 12.1 Å². The fraction of sp³-hybridized carbons (Fsp3) is 0. The molecular weight excluding hydrogens is 464 g/mol. The highest BCUT2D eigenvalue weighted by molar-refractivity contribution is 6.21. The Kier molecular flexibility index (Phi) is 5.04.